The van der Waals surface area contributed by atoms with Crippen molar-refractivity contribution in [1.82, 2.24) is 5.43 Å². The number of thioether (sulfide) groups is 1. The summed E-state index contributed by atoms with van der Waals surface area (Å²) in [5.41, 5.74) is 4.63. The second kappa shape index (κ2) is 8.53. The number of benzene rings is 2. The van der Waals surface area contributed by atoms with Crippen molar-refractivity contribution in [3.05, 3.63) is 59.7 Å². The molecule has 1 aliphatic rings. The minimum Gasteiger partial charge on any atom is -0.489 e. The molecule has 2 aromatic carbocycles. The molecule has 0 saturated carbocycles. The molecule has 0 radical (unpaired) electrons. The molecule has 0 atom stereocenters. The third-order valence-corrected chi connectivity index (χ3v) is 4.90. The Labute approximate surface area is 156 Å². The number of carbonyl (C=O) groups excluding carboxylic acids is 2. The lowest BCUT2D eigenvalue weighted by atomic mass is 10.2. The van der Waals surface area contributed by atoms with Crippen molar-refractivity contribution < 1.29 is 14.3 Å². The quantitative estimate of drug-likeness (QED) is 0.482. The first kappa shape index (κ1) is 18.0. The molecule has 134 valence electrons. The van der Waals surface area contributed by atoms with Crippen LogP contribution >= 0.6 is 11.8 Å². The van der Waals surface area contributed by atoms with Crippen LogP contribution in [-0.2, 0) is 9.59 Å². The van der Waals surface area contributed by atoms with E-state index < -0.39 is 11.8 Å². The number of hydrogen-bond acceptors (Lipinski definition) is 5. The Hall–Kier alpha value is -2.80. The van der Waals surface area contributed by atoms with Crippen molar-refractivity contribution in [2.24, 2.45) is 5.10 Å². The van der Waals surface area contributed by atoms with Gasteiger partial charge in [-0.3, -0.25) is 9.59 Å². The third kappa shape index (κ3) is 5.10. The van der Waals surface area contributed by atoms with E-state index in [1.165, 1.54) is 6.21 Å². The number of anilines is 1. The third-order valence-electron chi connectivity index (χ3n) is 3.69. The second-order valence-electron chi connectivity index (χ2n) is 5.87. The first-order valence-corrected chi connectivity index (χ1v) is 9.31. The van der Waals surface area contributed by atoms with Gasteiger partial charge in [0.1, 0.15) is 11.9 Å². The zero-order valence-electron chi connectivity index (χ0n) is 14.3. The van der Waals surface area contributed by atoms with Gasteiger partial charge in [-0.05, 0) is 48.9 Å². The summed E-state index contributed by atoms with van der Waals surface area (Å²) in [6, 6.07) is 14.6. The highest BCUT2D eigenvalue weighted by atomic mass is 32.2. The fourth-order valence-electron chi connectivity index (χ4n) is 2.15. The minimum absolute atomic E-state index is 0.297. The van der Waals surface area contributed by atoms with E-state index in [4.69, 9.17) is 4.74 Å². The van der Waals surface area contributed by atoms with Crippen molar-refractivity contribution in [2.75, 3.05) is 16.8 Å². The summed E-state index contributed by atoms with van der Waals surface area (Å²) in [7, 11) is 0. The van der Waals surface area contributed by atoms with Gasteiger partial charge in [0.05, 0.1) is 6.21 Å². The minimum atomic E-state index is -0.829. The van der Waals surface area contributed by atoms with Crippen molar-refractivity contribution in [3.8, 4) is 5.75 Å². The van der Waals surface area contributed by atoms with E-state index in [0.29, 0.717) is 11.8 Å². The number of amides is 2. The Morgan fingerprint density at radius 1 is 1.08 bits per heavy atom. The second-order valence-corrected chi connectivity index (χ2v) is 6.94. The van der Waals surface area contributed by atoms with E-state index >= 15 is 0 Å². The number of nitrogens with one attached hydrogen (secondary N) is 2. The Balaban J connectivity index is 1.46. The first-order chi connectivity index (χ1) is 12.6. The van der Waals surface area contributed by atoms with Gasteiger partial charge in [0.2, 0.25) is 0 Å². The standard InChI is InChI=1S/C19H19N3O3S/c1-13-2-6-15(7-3-13)21-18(23)19(24)22-20-10-14-4-8-16(9-5-14)25-17-11-26-12-17/h2-10,17H,11-12H2,1H3,(H,21,23)(H,22,24)/b20-10+. The van der Waals surface area contributed by atoms with Crippen LogP contribution in [0.25, 0.3) is 0 Å². The molecule has 1 fully saturated rings. The van der Waals surface area contributed by atoms with E-state index in [2.05, 4.69) is 15.8 Å². The molecule has 3 rings (SSSR count). The molecule has 2 aromatic rings. The van der Waals surface area contributed by atoms with Gasteiger partial charge in [0, 0.05) is 17.2 Å². The largest absolute Gasteiger partial charge is 0.489 e. The zero-order valence-corrected chi connectivity index (χ0v) is 15.1. The predicted octanol–water partition coefficient (Wildman–Crippen LogP) is 2.58. The molecule has 1 aliphatic heterocycles. The topological polar surface area (TPSA) is 79.8 Å². The van der Waals surface area contributed by atoms with Gasteiger partial charge in [-0.1, -0.05) is 17.7 Å². The van der Waals surface area contributed by atoms with Crippen molar-refractivity contribution in [3.63, 3.8) is 0 Å². The van der Waals surface area contributed by atoms with Crippen LogP contribution in [0.15, 0.2) is 53.6 Å². The lowest BCUT2D eigenvalue weighted by Gasteiger charge is -2.25. The first-order valence-electron chi connectivity index (χ1n) is 8.16. The molecule has 2 N–H and O–H groups in total. The average molecular weight is 369 g/mol. The van der Waals surface area contributed by atoms with Crippen LogP contribution in [0.1, 0.15) is 11.1 Å². The SMILES string of the molecule is Cc1ccc(NC(=O)C(=O)N/N=C/c2ccc(OC3CSC3)cc2)cc1. The zero-order chi connectivity index (χ0) is 18.4. The molecule has 0 aliphatic carbocycles. The maximum atomic E-state index is 11.8. The van der Waals surface area contributed by atoms with Crippen LogP contribution in [-0.4, -0.2) is 35.6 Å². The Morgan fingerprint density at radius 2 is 1.77 bits per heavy atom. The van der Waals surface area contributed by atoms with Gasteiger partial charge in [0.15, 0.2) is 0 Å². The molecule has 0 unspecified atom stereocenters. The molecular weight excluding hydrogens is 350 g/mol. The van der Waals surface area contributed by atoms with Crippen molar-refractivity contribution in [1.29, 1.82) is 0 Å². The summed E-state index contributed by atoms with van der Waals surface area (Å²) in [5.74, 6) is 1.27. The van der Waals surface area contributed by atoms with Gasteiger partial charge >= 0.3 is 11.8 Å². The van der Waals surface area contributed by atoms with Gasteiger partial charge in [-0.15, -0.1) is 0 Å². The van der Waals surface area contributed by atoms with Gasteiger partial charge in [0.25, 0.3) is 0 Å². The number of hydrazone groups is 1. The Kier molecular flexibility index (Phi) is 5.91. The van der Waals surface area contributed by atoms with E-state index in [0.717, 1.165) is 28.4 Å². The number of nitrogens with zero attached hydrogens (tertiary/aromatic N) is 1. The monoisotopic (exact) mass is 369 g/mol. The van der Waals surface area contributed by atoms with Crippen LogP contribution in [0.3, 0.4) is 0 Å². The van der Waals surface area contributed by atoms with Crippen molar-refractivity contribution >= 4 is 35.5 Å². The number of carbonyl (C=O) groups is 2. The van der Waals surface area contributed by atoms with E-state index in [9.17, 15) is 9.59 Å². The van der Waals surface area contributed by atoms with Crippen LogP contribution in [0.5, 0.6) is 5.75 Å². The maximum Gasteiger partial charge on any atom is 0.329 e. The molecule has 0 bridgehead atoms. The van der Waals surface area contributed by atoms with E-state index in [1.807, 2.05) is 55.1 Å². The van der Waals surface area contributed by atoms with Crippen LogP contribution < -0.4 is 15.5 Å². The summed E-state index contributed by atoms with van der Waals surface area (Å²) >= 11 is 1.87. The molecule has 1 heterocycles. The lowest BCUT2D eigenvalue weighted by molar-refractivity contribution is -0.136. The maximum absolute atomic E-state index is 11.8. The van der Waals surface area contributed by atoms with Crippen LogP contribution in [0, 0.1) is 6.92 Å². The summed E-state index contributed by atoms with van der Waals surface area (Å²) in [4.78, 5) is 23.6. The summed E-state index contributed by atoms with van der Waals surface area (Å²) in [5, 5.41) is 6.32. The number of aryl methyl sites for hydroxylation is 1. The summed E-state index contributed by atoms with van der Waals surface area (Å²) in [6.07, 6.45) is 1.77. The smallest absolute Gasteiger partial charge is 0.329 e. The highest BCUT2D eigenvalue weighted by molar-refractivity contribution is 8.00. The molecule has 7 heteroatoms. The molecule has 1 saturated heterocycles. The number of ether oxygens (including phenoxy) is 1. The van der Waals surface area contributed by atoms with Crippen molar-refractivity contribution in [2.45, 2.75) is 13.0 Å². The van der Waals surface area contributed by atoms with Gasteiger partial charge in [-0.25, -0.2) is 5.43 Å². The summed E-state index contributed by atoms with van der Waals surface area (Å²) in [6.45, 7) is 1.94. The van der Waals surface area contributed by atoms with Gasteiger partial charge < -0.3 is 10.1 Å². The molecule has 0 spiro atoms. The molecule has 6 nitrogen and oxygen atoms in total. The normalized spacial score (nSPS) is 13.9. The Bertz CT molecular complexity index is 800. The number of rotatable bonds is 5. The Morgan fingerprint density at radius 3 is 2.38 bits per heavy atom. The van der Waals surface area contributed by atoms with E-state index in [1.54, 1.807) is 12.1 Å². The molecule has 2 amide bonds. The van der Waals surface area contributed by atoms with E-state index in [-0.39, 0.29) is 0 Å². The molecular formula is C19H19N3O3S. The number of hydrogen-bond donors (Lipinski definition) is 2. The highest BCUT2D eigenvalue weighted by Crippen LogP contribution is 2.23. The lowest BCUT2D eigenvalue weighted by Crippen LogP contribution is -2.32. The predicted molar refractivity (Wildman–Crippen MR) is 104 cm³/mol. The van der Waals surface area contributed by atoms with Gasteiger partial charge in [-0.2, -0.15) is 16.9 Å². The average Bonchev–Trinajstić information content (AvgIpc) is 2.61. The van der Waals surface area contributed by atoms with Crippen LogP contribution in [0.4, 0.5) is 5.69 Å². The molecule has 0 aromatic heterocycles. The fraction of sp³-hybridized carbons (Fsp3) is 0.211. The fourth-order valence-corrected chi connectivity index (χ4v) is 2.71. The molecule has 26 heavy (non-hydrogen) atoms. The summed E-state index contributed by atoms with van der Waals surface area (Å²) < 4.78 is 5.76. The van der Waals surface area contributed by atoms with Crippen LogP contribution in [0.2, 0.25) is 0 Å². The highest BCUT2D eigenvalue weighted by Gasteiger charge is 2.19.